The molecule has 0 saturated heterocycles. The first-order chi connectivity index (χ1) is 11.2. The number of hydrogen-bond donors (Lipinski definition) is 2. The molecule has 1 heterocycles. The zero-order valence-corrected chi connectivity index (χ0v) is 15.3. The zero-order chi connectivity index (χ0) is 16.1. The van der Waals surface area contributed by atoms with Gasteiger partial charge in [-0.05, 0) is 37.0 Å². The zero-order valence-electron chi connectivity index (χ0n) is 13.7. The first kappa shape index (κ1) is 19.2. The number of halogens is 1. The molecule has 1 aromatic carbocycles. The molecule has 5 nitrogen and oxygen atoms in total. The summed E-state index contributed by atoms with van der Waals surface area (Å²) >= 11 is 1.65. The highest BCUT2D eigenvalue weighted by atomic mass is 35.5. The summed E-state index contributed by atoms with van der Waals surface area (Å²) in [4.78, 5) is 12.9. The fourth-order valence-corrected chi connectivity index (χ4v) is 3.38. The molecule has 1 aliphatic carbocycles. The number of hydrogen-bond acceptors (Lipinski definition) is 5. The molecular formula is C17H25ClN2O3S. The minimum Gasteiger partial charge on any atom is -0.490 e. The smallest absolute Gasteiger partial charge is 0.220 e. The van der Waals surface area contributed by atoms with Crippen molar-refractivity contribution in [1.29, 1.82) is 0 Å². The minimum absolute atomic E-state index is 0. The van der Waals surface area contributed by atoms with Crippen LogP contribution in [0.5, 0.6) is 11.5 Å². The van der Waals surface area contributed by atoms with Gasteiger partial charge >= 0.3 is 0 Å². The van der Waals surface area contributed by atoms with Crippen LogP contribution in [0, 0.1) is 5.92 Å². The highest BCUT2D eigenvalue weighted by Crippen LogP contribution is 2.34. The lowest BCUT2D eigenvalue weighted by Gasteiger charge is -2.11. The number of carbonyl (C=O) groups excluding carboxylic acids is 1. The van der Waals surface area contributed by atoms with Gasteiger partial charge in [-0.25, -0.2) is 0 Å². The molecule has 134 valence electrons. The van der Waals surface area contributed by atoms with E-state index < -0.39 is 0 Å². The van der Waals surface area contributed by atoms with Crippen LogP contribution in [0.15, 0.2) is 23.1 Å². The molecule has 1 atom stereocenters. The SMILES string of the molecule is Cl.NC(CNC(=O)CCSc1ccc2c(c1)OCCCO2)C1CC1. The van der Waals surface area contributed by atoms with Crippen molar-refractivity contribution in [1.82, 2.24) is 5.32 Å². The fourth-order valence-electron chi connectivity index (χ4n) is 2.51. The lowest BCUT2D eigenvalue weighted by atomic mass is 10.2. The highest BCUT2D eigenvalue weighted by Gasteiger charge is 2.28. The van der Waals surface area contributed by atoms with Gasteiger partial charge in [-0.2, -0.15) is 0 Å². The monoisotopic (exact) mass is 372 g/mol. The summed E-state index contributed by atoms with van der Waals surface area (Å²) in [5, 5.41) is 2.93. The predicted molar refractivity (Wildman–Crippen MR) is 98.3 cm³/mol. The van der Waals surface area contributed by atoms with Crippen LogP contribution in [0.4, 0.5) is 0 Å². The quantitative estimate of drug-likeness (QED) is 0.720. The Balaban J connectivity index is 0.00000208. The van der Waals surface area contributed by atoms with Crippen LogP contribution in [-0.4, -0.2) is 37.5 Å². The number of nitrogens with one attached hydrogen (secondary N) is 1. The number of benzene rings is 1. The van der Waals surface area contributed by atoms with Crippen LogP contribution in [0.1, 0.15) is 25.7 Å². The molecule has 1 fully saturated rings. The van der Waals surface area contributed by atoms with Gasteiger partial charge in [0.25, 0.3) is 0 Å². The molecule has 1 aromatic rings. The molecule has 1 aliphatic heterocycles. The van der Waals surface area contributed by atoms with Gasteiger partial charge in [-0.3, -0.25) is 4.79 Å². The summed E-state index contributed by atoms with van der Waals surface area (Å²) in [6.45, 7) is 1.98. The molecule has 0 radical (unpaired) electrons. The van der Waals surface area contributed by atoms with Gasteiger partial charge < -0.3 is 20.5 Å². The fraction of sp³-hybridized carbons (Fsp3) is 0.588. The third-order valence-corrected chi connectivity index (χ3v) is 5.07. The van der Waals surface area contributed by atoms with Crippen molar-refractivity contribution >= 4 is 30.1 Å². The first-order valence-corrected chi connectivity index (χ1v) is 9.25. The molecule has 0 spiro atoms. The van der Waals surface area contributed by atoms with Crippen molar-refractivity contribution in [2.24, 2.45) is 11.7 Å². The maximum Gasteiger partial charge on any atom is 0.220 e. The summed E-state index contributed by atoms with van der Waals surface area (Å²) in [5.41, 5.74) is 5.98. The van der Waals surface area contributed by atoms with E-state index in [0.717, 1.165) is 28.6 Å². The molecule has 0 aromatic heterocycles. The molecule has 3 rings (SSSR count). The summed E-state index contributed by atoms with van der Waals surface area (Å²) in [6.07, 6.45) is 3.81. The van der Waals surface area contributed by atoms with Gasteiger partial charge in [0.2, 0.25) is 5.91 Å². The van der Waals surface area contributed by atoms with Crippen molar-refractivity contribution in [3.63, 3.8) is 0 Å². The Morgan fingerprint density at radius 2 is 2.04 bits per heavy atom. The molecular weight excluding hydrogens is 348 g/mol. The predicted octanol–water partition coefficient (Wildman–Crippen LogP) is 2.61. The van der Waals surface area contributed by atoms with E-state index in [9.17, 15) is 4.79 Å². The highest BCUT2D eigenvalue weighted by molar-refractivity contribution is 7.99. The Kier molecular flexibility index (Phi) is 7.52. The molecule has 1 saturated carbocycles. The van der Waals surface area contributed by atoms with Crippen LogP contribution in [0.2, 0.25) is 0 Å². The Bertz CT molecular complexity index is 555. The van der Waals surface area contributed by atoms with Gasteiger partial charge in [-0.15, -0.1) is 24.2 Å². The molecule has 1 unspecified atom stereocenters. The van der Waals surface area contributed by atoms with E-state index in [2.05, 4.69) is 5.32 Å². The lowest BCUT2D eigenvalue weighted by Crippen LogP contribution is -2.38. The minimum atomic E-state index is 0. The number of nitrogens with two attached hydrogens (primary N) is 1. The number of ether oxygens (including phenoxy) is 2. The third kappa shape index (κ3) is 5.76. The molecule has 24 heavy (non-hydrogen) atoms. The molecule has 0 bridgehead atoms. The Labute approximate surface area is 153 Å². The number of rotatable bonds is 7. The summed E-state index contributed by atoms with van der Waals surface area (Å²) in [7, 11) is 0. The maximum atomic E-state index is 11.8. The van der Waals surface area contributed by atoms with Crippen LogP contribution >= 0.6 is 24.2 Å². The molecule has 3 N–H and O–H groups in total. The molecule has 2 aliphatic rings. The summed E-state index contributed by atoms with van der Waals surface area (Å²) in [6, 6.07) is 6.07. The van der Waals surface area contributed by atoms with E-state index in [1.807, 2.05) is 18.2 Å². The number of carbonyl (C=O) groups is 1. The van der Waals surface area contributed by atoms with Gasteiger partial charge in [0.1, 0.15) is 0 Å². The first-order valence-electron chi connectivity index (χ1n) is 8.27. The van der Waals surface area contributed by atoms with E-state index >= 15 is 0 Å². The molecule has 1 amide bonds. The number of thioether (sulfide) groups is 1. The van der Waals surface area contributed by atoms with Crippen LogP contribution in [-0.2, 0) is 4.79 Å². The maximum absolute atomic E-state index is 11.8. The van der Waals surface area contributed by atoms with E-state index in [4.69, 9.17) is 15.2 Å². The standard InChI is InChI=1S/C17H24N2O3S.ClH/c18-14(12-2-3-12)11-19-17(20)6-9-23-13-4-5-15-16(10-13)22-8-1-7-21-15;/h4-5,10,12,14H,1-3,6-9,11,18H2,(H,19,20);1H. The lowest BCUT2D eigenvalue weighted by molar-refractivity contribution is -0.120. The van der Waals surface area contributed by atoms with Crippen LogP contribution in [0.25, 0.3) is 0 Å². The van der Waals surface area contributed by atoms with Gasteiger partial charge in [0.15, 0.2) is 11.5 Å². The Morgan fingerprint density at radius 1 is 1.29 bits per heavy atom. The van der Waals surface area contributed by atoms with E-state index in [1.54, 1.807) is 11.8 Å². The average Bonchev–Trinajstić information content (AvgIpc) is 3.39. The van der Waals surface area contributed by atoms with Crippen LogP contribution < -0.4 is 20.5 Å². The Morgan fingerprint density at radius 3 is 2.79 bits per heavy atom. The van der Waals surface area contributed by atoms with E-state index in [1.165, 1.54) is 12.8 Å². The summed E-state index contributed by atoms with van der Waals surface area (Å²) in [5.74, 6) is 3.03. The van der Waals surface area contributed by atoms with Gasteiger partial charge in [0, 0.05) is 36.1 Å². The number of amides is 1. The second-order valence-corrected chi connectivity index (χ2v) is 7.23. The topological polar surface area (TPSA) is 73.6 Å². The third-order valence-electron chi connectivity index (χ3n) is 4.08. The van der Waals surface area contributed by atoms with Crippen LogP contribution in [0.3, 0.4) is 0 Å². The molecule has 7 heteroatoms. The largest absolute Gasteiger partial charge is 0.490 e. The van der Waals surface area contributed by atoms with Crippen molar-refractivity contribution in [3.8, 4) is 11.5 Å². The second kappa shape index (κ2) is 9.39. The van der Waals surface area contributed by atoms with E-state index in [0.29, 0.717) is 32.1 Å². The van der Waals surface area contributed by atoms with Crippen molar-refractivity contribution in [2.45, 2.75) is 36.6 Å². The number of fused-ring (bicyclic) bond motifs is 1. The van der Waals surface area contributed by atoms with Crippen molar-refractivity contribution in [2.75, 3.05) is 25.5 Å². The van der Waals surface area contributed by atoms with Gasteiger partial charge in [-0.1, -0.05) is 0 Å². The Hall–Kier alpha value is -1.11. The van der Waals surface area contributed by atoms with Gasteiger partial charge in [0.05, 0.1) is 13.2 Å². The second-order valence-electron chi connectivity index (χ2n) is 6.06. The average molecular weight is 373 g/mol. The normalized spacial score (nSPS) is 17.4. The van der Waals surface area contributed by atoms with Crippen molar-refractivity contribution < 1.29 is 14.3 Å². The summed E-state index contributed by atoms with van der Waals surface area (Å²) < 4.78 is 11.3. The van der Waals surface area contributed by atoms with E-state index in [-0.39, 0.29) is 24.4 Å². The van der Waals surface area contributed by atoms with Crippen molar-refractivity contribution in [3.05, 3.63) is 18.2 Å².